The van der Waals surface area contributed by atoms with E-state index < -0.39 is 28.4 Å². The summed E-state index contributed by atoms with van der Waals surface area (Å²) in [6.45, 7) is 1.66. The van der Waals surface area contributed by atoms with Gasteiger partial charge in [0.2, 0.25) is 11.7 Å². The third-order valence-corrected chi connectivity index (χ3v) is 3.33. The molecule has 8 heteroatoms. The van der Waals surface area contributed by atoms with Crippen molar-refractivity contribution in [3.8, 4) is 0 Å². The number of nitro groups is 1. The Morgan fingerprint density at radius 1 is 1.20 bits per heavy atom. The van der Waals surface area contributed by atoms with Gasteiger partial charge >= 0.3 is 5.69 Å². The molecule has 0 aromatic heterocycles. The molecule has 0 saturated carbocycles. The van der Waals surface area contributed by atoms with Crippen molar-refractivity contribution in [3.63, 3.8) is 0 Å². The van der Waals surface area contributed by atoms with Gasteiger partial charge in [-0.3, -0.25) is 19.7 Å². The second-order valence-electron chi connectivity index (χ2n) is 5.42. The molecule has 2 amide bonds. The van der Waals surface area contributed by atoms with Crippen molar-refractivity contribution in [2.45, 2.75) is 19.4 Å². The summed E-state index contributed by atoms with van der Waals surface area (Å²) in [6, 6.07) is 11.2. The first-order valence-electron chi connectivity index (χ1n) is 7.46. The van der Waals surface area contributed by atoms with Crippen LogP contribution < -0.4 is 10.6 Å². The van der Waals surface area contributed by atoms with Gasteiger partial charge in [0, 0.05) is 29.8 Å². The molecule has 0 saturated heterocycles. The molecule has 130 valence electrons. The van der Waals surface area contributed by atoms with Crippen molar-refractivity contribution in [2.75, 3.05) is 5.32 Å². The quantitative estimate of drug-likeness (QED) is 0.621. The summed E-state index contributed by atoms with van der Waals surface area (Å²) in [5, 5.41) is 15.8. The largest absolute Gasteiger partial charge is 0.349 e. The van der Waals surface area contributed by atoms with Gasteiger partial charge in [-0.05, 0) is 31.2 Å². The zero-order valence-electron chi connectivity index (χ0n) is 13.4. The van der Waals surface area contributed by atoms with Crippen LogP contribution in [-0.4, -0.2) is 22.8 Å². The number of rotatable bonds is 6. The maximum absolute atomic E-state index is 13.3. The Kier molecular flexibility index (Phi) is 5.78. The first-order valence-corrected chi connectivity index (χ1v) is 7.46. The molecule has 0 aliphatic carbocycles. The van der Waals surface area contributed by atoms with Gasteiger partial charge in [-0.1, -0.05) is 18.2 Å². The Morgan fingerprint density at radius 3 is 2.52 bits per heavy atom. The molecular weight excluding hydrogens is 329 g/mol. The van der Waals surface area contributed by atoms with Gasteiger partial charge in [0.25, 0.3) is 5.91 Å². The van der Waals surface area contributed by atoms with Crippen LogP contribution in [0.5, 0.6) is 0 Å². The molecule has 2 aromatic rings. The van der Waals surface area contributed by atoms with E-state index in [1.165, 1.54) is 6.07 Å². The van der Waals surface area contributed by atoms with E-state index in [4.69, 9.17) is 0 Å². The number of amides is 2. The average molecular weight is 345 g/mol. The van der Waals surface area contributed by atoms with Crippen LogP contribution in [0.25, 0.3) is 0 Å². The Morgan fingerprint density at radius 2 is 1.88 bits per heavy atom. The lowest BCUT2D eigenvalue weighted by Gasteiger charge is -2.14. The number of carbonyl (C=O) groups is 2. The van der Waals surface area contributed by atoms with Crippen LogP contribution in [0.2, 0.25) is 0 Å². The molecule has 0 aliphatic heterocycles. The molecular formula is C17H16FN3O4. The van der Waals surface area contributed by atoms with Gasteiger partial charge < -0.3 is 10.6 Å². The second kappa shape index (κ2) is 8.00. The number of benzene rings is 2. The number of nitro benzene ring substituents is 1. The molecule has 0 aliphatic rings. The Balaban J connectivity index is 1.92. The molecule has 0 heterocycles. The number of hydrogen-bond acceptors (Lipinski definition) is 4. The Bertz CT molecular complexity index is 796. The second-order valence-corrected chi connectivity index (χ2v) is 5.42. The maximum atomic E-state index is 13.3. The highest BCUT2D eigenvalue weighted by Crippen LogP contribution is 2.21. The van der Waals surface area contributed by atoms with Crippen molar-refractivity contribution in [1.29, 1.82) is 0 Å². The van der Waals surface area contributed by atoms with Crippen molar-refractivity contribution >= 4 is 23.2 Å². The van der Waals surface area contributed by atoms with E-state index >= 15 is 0 Å². The smallest absolute Gasteiger partial charge is 0.306 e. The van der Waals surface area contributed by atoms with E-state index in [0.29, 0.717) is 5.56 Å². The summed E-state index contributed by atoms with van der Waals surface area (Å²) < 4.78 is 13.3. The topological polar surface area (TPSA) is 101 Å². The van der Waals surface area contributed by atoms with Crippen LogP contribution in [0.3, 0.4) is 0 Å². The van der Waals surface area contributed by atoms with Crippen molar-refractivity contribution in [2.24, 2.45) is 0 Å². The molecule has 2 rings (SSSR count). The molecule has 0 fully saturated rings. The van der Waals surface area contributed by atoms with Crippen molar-refractivity contribution < 1.29 is 18.9 Å². The number of nitrogens with one attached hydrogen (secondary N) is 2. The lowest BCUT2D eigenvalue weighted by atomic mass is 10.1. The number of anilines is 1. The minimum Gasteiger partial charge on any atom is -0.349 e. The van der Waals surface area contributed by atoms with Crippen LogP contribution in [0.1, 0.15) is 23.7 Å². The van der Waals surface area contributed by atoms with Gasteiger partial charge in [0.15, 0.2) is 0 Å². The average Bonchev–Trinajstić information content (AvgIpc) is 2.56. The first-order chi connectivity index (χ1) is 11.9. The third kappa shape index (κ3) is 5.10. The summed E-state index contributed by atoms with van der Waals surface area (Å²) in [5.41, 5.74) is -0.133. The normalized spacial score (nSPS) is 11.4. The SMILES string of the molecule is CC(CC(=O)Nc1ccc(F)c([N+](=O)[O-])c1)NC(=O)c1ccccc1. The molecule has 7 nitrogen and oxygen atoms in total. The van der Waals surface area contributed by atoms with Crippen LogP contribution >= 0.6 is 0 Å². The fraction of sp³-hybridized carbons (Fsp3) is 0.176. The standard InChI is InChI=1S/C17H16FN3O4/c1-11(19-17(23)12-5-3-2-4-6-12)9-16(22)20-13-7-8-14(18)15(10-13)21(24)25/h2-8,10-11H,9H2,1H3,(H,19,23)(H,20,22). The molecule has 1 atom stereocenters. The van der Waals surface area contributed by atoms with E-state index in [1.807, 2.05) is 0 Å². The van der Waals surface area contributed by atoms with Crippen LogP contribution in [0.15, 0.2) is 48.5 Å². The number of hydrogen-bond donors (Lipinski definition) is 2. The monoisotopic (exact) mass is 345 g/mol. The molecule has 0 radical (unpaired) electrons. The van der Waals surface area contributed by atoms with Gasteiger partial charge in [0.05, 0.1) is 4.92 Å². The van der Waals surface area contributed by atoms with Crippen LogP contribution in [0.4, 0.5) is 15.8 Å². The van der Waals surface area contributed by atoms with Gasteiger partial charge in [-0.25, -0.2) is 0 Å². The summed E-state index contributed by atoms with van der Waals surface area (Å²) in [5.74, 6) is -1.74. The van der Waals surface area contributed by atoms with E-state index in [-0.39, 0.29) is 18.0 Å². The lowest BCUT2D eigenvalue weighted by Crippen LogP contribution is -2.35. The highest BCUT2D eigenvalue weighted by Gasteiger charge is 2.17. The predicted molar refractivity (Wildman–Crippen MR) is 89.7 cm³/mol. The van der Waals surface area contributed by atoms with E-state index in [0.717, 1.165) is 12.1 Å². The summed E-state index contributed by atoms with van der Waals surface area (Å²) in [4.78, 5) is 33.8. The third-order valence-electron chi connectivity index (χ3n) is 3.33. The highest BCUT2D eigenvalue weighted by molar-refractivity contribution is 5.95. The van der Waals surface area contributed by atoms with Crippen LogP contribution in [0, 0.1) is 15.9 Å². The Hall–Kier alpha value is -3.29. The van der Waals surface area contributed by atoms with E-state index in [2.05, 4.69) is 10.6 Å². The van der Waals surface area contributed by atoms with E-state index in [1.54, 1.807) is 37.3 Å². The molecule has 2 aromatic carbocycles. The molecule has 1 unspecified atom stereocenters. The van der Waals surface area contributed by atoms with Crippen LogP contribution in [-0.2, 0) is 4.79 Å². The van der Waals surface area contributed by atoms with Gasteiger partial charge in [0.1, 0.15) is 0 Å². The molecule has 2 N–H and O–H groups in total. The fourth-order valence-corrected chi connectivity index (χ4v) is 2.17. The lowest BCUT2D eigenvalue weighted by molar-refractivity contribution is -0.387. The highest BCUT2D eigenvalue weighted by atomic mass is 19.1. The Labute approximate surface area is 143 Å². The number of carbonyl (C=O) groups excluding carboxylic acids is 2. The molecule has 0 bridgehead atoms. The zero-order valence-corrected chi connectivity index (χ0v) is 13.4. The van der Waals surface area contributed by atoms with E-state index in [9.17, 15) is 24.1 Å². The summed E-state index contributed by atoms with van der Waals surface area (Å²) in [6.07, 6.45) is -0.0379. The van der Waals surface area contributed by atoms with Crippen molar-refractivity contribution in [1.82, 2.24) is 5.32 Å². The van der Waals surface area contributed by atoms with Gasteiger partial charge in [-0.15, -0.1) is 0 Å². The minimum atomic E-state index is -0.980. The summed E-state index contributed by atoms with van der Waals surface area (Å²) >= 11 is 0. The van der Waals surface area contributed by atoms with Gasteiger partial charge in [-0.2, -0.15) is 4.39 Å². The molecule has 25 heavy (non-hydrogen) atoms. The first kappa shape index (κ1) is 18.1. The number of nitrogens with zero attached hydrogens (tertiary/aromatic N) is 1. The molecule has 0 spiro atoms. The maximum Gasteiger partial charge on any atom is 0.306 e. The predicted octanol–water partition coefficient (Wildman–Crippen LogP) is 2.88. The minimum absolute atomic E-state index is 0.0379. The fourth-order valence-electron chi connectivity index (χ4n) is 2.17. The van der Waals surface area contributed by atoms with Crippen molar-refractivity contribution in [3.05, 3.63) is 70.0 Å². The number of halogens is 1. The zero-order chi connectivity index (χ0) is 18.4. The summed E-state index contributed by atoms with van der Waals surface area (Å²) in [7, 11) is 0.